The highest BCUT2D eigenvalue weighted by Crippen LogP contribution is 2.47. The number of hydrogen-bond acceptors (Lipinski definition) is 11. The van der Waals surface area contributed by atoms with E-state index in [4.69, 9.17) is 4.74 Å². The number of fused-ring (bicyclic) bond motifs is 1. The van der Waals surface area contributed by atoms with Gasteiger partial charge in [0.1, 0.15) is 19.0 Å². The molecule has 3 rings (SSSR count). The molecule has 1 aliphatic heterocycles. The maximum atomic E-state index is 13.2. The van der Waals surface area contributed by atoms with Crippen molar-refractivity contribution in [2.24, 2.45) is 0 Å². The summed E-state index contributed by atoms with van der Waals surface area (Å²) in [5.41, 5.74) is -4.99. The third kappa shape index (κ3) is 7.47. The average molecular weight is 744 g/mol. The number of amides is 1. The molecule has 13 nitrogen and oxygen atoms in total. The molecule has 0 aliphatic carbocycles. The summed E-state index contributed by atoms with van der Waals surface area (Å²) in [5.74, 6) is -13.0. The van der Waals surface area contributed by atoms with E-state index in [2.05, 4.69) is 45.1 Å². The van der Waals surface area contributed by atoms with Crippen molar-refractivity contribution in [1.29, 1.82) is 0 Å². The molecule has 250 valence electrons. The predicted molar refractivity (Wildman–Crippen MR) is 115 cm³/mol. The molecule has 1 aliphatic rings. The Kier molecular flexibility index (Phi) is 9.27. The van der Waals surface area contributed by atoms with Crippen molar-refractivity contribution < 1.29 is 90.8 Å². The fourth-order valence-corrected chi connectivity index (χ4v) is 4.20. The minimum atomic E-state index is -5.92. The zero-order chi connectivity index (χ0) is 34.5. The van der Waals surface area contributed by atoms with Crippen LogP contribution in [-0.2, 0) is 38.1 Å². The minimum Gasteiger partial charge on any atom is -0.456 e. The number of carbonyl (C=O) groups excluding carboxylic acids is 4. The number of nitrogens with zero attached hydrogens (tertiary/aromatic N) is 4. The van der Waals surface area contributed by atoms with Crippen LogP contribution in [0.1, 0.15) is 13.2 Å². The smallest absolute Gasteiger partial charge is 0.456 e. The molecule has 0 spiro atoms. The Morgan fingerprint density at radius 3 is 1.98 bits per heavy atom. The Bertz CT molecular complexity index is 1510. The van der Waals surface area contributed by atoms with Crippen molar-refractivity contribution in [3.8, 4) is 0 Å². The van der Waals surface area contributed by atoms with Gasteiger partial charge in [-0.2, -0.15) is 52.7 Å². The monoisotopic (exact) mass is 743 g/mol. The molecule has 3 heterocycles. The summed E-state index contributed by atoms with van der Waals surface area (Å²) in [6, 6.07) is 0. The number of rotatable bonds is 6. The van der Waals surface area contributed by atoms with Gasteiger partial charge in [-0.1, -0.05) is 0 Å². The first-order chi connectivity index (χ1) is 20.3. The Morgan fingerprint density at radius 1 is 0.911 bits per heavy atom. The molecular formula is C19H10BrF12N5O8. The normalized spacial score (nSPS) is 22.7. The zero-order valence-corrected chi connectivity index (χ0v) is 22.6. The number of imidazole rings is 1. The molecule has 4 atom stereocenters. The zero-order valence-electron chi connectivity index (χ0n) is 21.0. The second kappa shape index (κ2) is 11.8. The average Bonchev–Trinajstić information content (AvgIpc) is 3.33. The molecule has 45 heavy (non-hydrogen) atoms. The van der Waals surface area contributed by atoms with Crippen molar-refractivity contribution in [2.45, 2.75) is 55.7 Å². The van der Waals surface area contributed by atoms with E-state index < -0.39 is 101 Å². The summed E-state index contributed by atoms with van der Waals surface area (Å²) in [4.78, 5) is 56.8. The predicted octanol–water partition coefficient (Wildman–Crippen LogP) is 3.43. The molecule has 2 aromatic heterocycles. The molecular weight excluding hydrogens is 734 g/mol. The van der Waals surface area contributed by atoms with E-state index in [1.54, 1.807) is 0 Å². The summed E-state index contributed by atoms with van der Waals surface area (Å²) in [6.45, 7) is -1.44. The van der Waals surface area contributed by atoms with Gasteiger partial charge in [0.2, 0.25) is 0 Å². The molecule has 1 saturated heterocycles. The summed E-state index contributed by atoms with van der Waals surface area (Å²) in [7, 11) is 0. The first-order valence-corrected chi connectivity index (χ1v) is 11.8. The molecule has 1 N–H and O–H groups in total. The molecule has 0 bridgehead atoms. The first-order valence-electron chi connectivity index (χ1n) is 11.0. The lowest BCUT2D eigenvalue weighted by atomic mass is 9.95. The van der Waals surface area contributed by atoms with Crippen LogP contribution in [0.2, 0.25) is 0 Å². The van der Waals surface area contributed by atoms with E-state index in [0.29, 0.717) is 17.8 Å². The van der Waals surface area contributed by atoms with Crippen LogP contribution in [0.5, 0.6) is 0 Å². The van der Waals surface area contributed by atoms with E-state index in [1.165, 1.54) is 5.32 Å². The third-order valence-corrected chi connectivity index (χ3v) is 6.03. The number of hydrogen-bond donors (Lipinski definition) is 1. The van der Waals surface area contributed by atoms with Crippen LogP contribution in [0.15, 0.2) is 11.1 Å². The Labute approximate surface area is 246 Å². The van der Waals surface area contributed by atoms with Crippen molar-refractivity contribution in [3.63, 3.8) is 0 Å². The van der Waals surface area contributed by atoms with Crippen LogP contribution in [0.25, 0.3) is 11.2 Å². The van der Waals surface area contributed by atoms with Crippen LogP contribution in [-0.4, -0.2) is 92.5 Å². The van der Waals surface area contributed by atoms with Crippen molar-refractivity contribution in [1.82, 2.24) is 19.5 Å². The number of ether oxygens (including phenoxy) is 4. The fourth-order valence-electron chi connectivity index (χ4n) is 3.67. The van der Waals surface area contributed by atoms with Crippen LogP contribution < -0.4 is 5.32 Å². The van der Waals surface area contributed by atoms with Crippen LogP contribution in [0.4, 0.5) is 58.5 Å². The van der Waals surface area contributed by atoms with E-state index in [0.717, 1.165) is 0 Å². The van der Waals surface area contributed by atoms with E-state index in [-0.39, 0.29) is 0 Å². The molecule has 0 saturated carbocycles. The summed E-state index contributed by atoms with van der Waals surface area (Å²) >= 11 is 2.71. The highest BCUT2D eigenvalue weighted by molar-refractivity contribution is 9.10. The largest absolute Gasteiger partial charge is 0.490 e. The van der Waals surface area contributed by atoms with Crippen LogP contribution in [0.3, 0.4) is 0 Å². The van der Waals surface area contributed by atoms with Crippen LogP contribution >= 0.6 is 15.9 Å². The lowest BCUT2D eigenvalue weighted by Crippen LogP contribution is -2.53. The van der Waals surface area contributed by atoms with Crippen molar-refractivity contribution >= 4 is 56.7 Å². The number of carbonyl (C=O) groups is 4. The molecule has 4 unspecified atom stereocenters. The molecule has 1 amide bonds. The summed E-state index contributed by atoms with van der Waals surface area (Å²) in [6.07, 6.45) is -30.7. The first kappa shape index (κ1) is 35.5. The molecule has 0 aromatic carbocycles. The van der Waals surface area contributed by atoms with Gasteiger partial charge < -0.3 is 24.3 Å². The van der Waals surface area contributed by atoms with Gasteiger partial charge >= 0.3 is 48.5 Å². The van der Waals surface area contributed by atoms with Gasteiger partial charge in [-0.05, 0) is 22.9 Å². The highest BCUT2D eigenvalue weighted by atomic mass is 79.9. The summed E-state index contributed by atoms with van der Waals surface area (Å²) in [5, 5.41) is 1.29. The summed E-state index contributed by atoms with van der Waals surface area (Å²) < 4.78 is 173. The fraction of sp³-hybridized carbons (Fsp3) is 0.526. The second-order valence-corrected chi connectivity index (χ2v) is 9.32. The number of alkyl halides is 12. The lowest BCUT2D eigenvalue weighted by molar-refractivity contribution is -0.235. The SMILES string of the molecule is CC1(OC(=O)C(F)(F)F)C(OC(=O)C(F)(F)F)C(COC(=O)C(F)(F)F)OC1n1c(Br)nc2c(NC(=O)C(F)(F)F)ncnc21. The van der Waals surface area contributed by atoms with Gasteiger partial charge in [0.05, 0.1) is 0 Å². The van der Waals surface area contributed by atoms with Crippen molar-refractivity contribution in [3.05, 3.63) is 11.1 Å². The number of esters is 3. The van der Waals surface area contributed by atoms with E-state index >= 15 is 0 Å². The van der Waals surface area contributed by atoms with Gasteiger partial charge in [0.15, 0.2) is 39.6 Å². The van der Waals surface area contributed by atoms with Gasteiger partial charge in [0, 0.05) is 0 Å². The molecule has 1 fully saturated rings. The second-order valence-electron chi connectivity index (χ2n) is 8.62. The van der Waals surface area contributed by atoms with E-state index in [9.17, 15) is 71.9 Å². The third-order valence-electron chi connectivity index (χ3n) is 5.47. The quantitative estimate of drug-likeness (QED) is 0.200. The topological polar surface area (TPSA) is 161 Å². The Hall–Kier alpha value is -3.97. The Morgan fingerprint density at radius 2 is 1.47 bits per heavy atom. The standard InChI is InChI=1S/C19H10BrF12N5O8/c1-15(45-13(41)19(30,31)32)6(44-12(40)18(27,28)29)4(2-42-11(39)17(24,25)26)43-10(15)37-8-5(35-14(37)20)7(33-3-34-8)36-9(38)16(21,22)23/h3-4,6,10H,2H2,1H3,(H,33,34,36,38). The van der Waals surface area contributed by atoms with Gasteiger partial charge in [-0.25, -0.2) is 29.3 Å². The van der Waals surface area contributed by atoms with Gasteiger partial charge in [0.25, 0.3) is 0 Å². The molecule has 2 aromatic rings. The molecule has 0 radical (unpaired) electrons. The van der Waals surface area contributed by atoms with Gasteiger partial charge in [-0.15, -0.1) is 0 Å². The number of halogens is 13. The van der Waals surface area contributed by atoms with Gasteiger partial charge in [-0.3, -0.25) is 9.36 Å². The highest BCUT2D eigenvalue weighted by Gasteiger charge is 2.64. The maximum absolute atomic E-state index is 13.2. The van der Waals surface area contributed by atoms with E-state index in [1.807, 2.05) is 0 Å². The van der Waals surface area contributed by atoms with Crippen LogP contribution in [0, 0.1) is 0 Å². The maximum Gasteiger partial charge on any atom is 0.490 e. The number of anilines is 1. The molecule has 26 heteroatoms. The minimum absolute atomic E-state index is 0.354. The number of nitrogens with one attached hydrogen (secondary N) is 1. The Balaban J connectivity index is 2.23. The van der Waals surface area contributed by atoms with Crippen molar-refractivity contribution in [2.75, 3.05) is 11.9 Å². The lowest BCUT2D eigenvalue weighted by Gasteiger charge is -2.35. The number of aromatic nitrogens is 4.